The minimum atomic E-state index is -3.45. The van der Waals surface area contributed by atoms with Gasteiger partial charge in [-0.15, -0.1) is 0 Å². The Labute approximate surface area is 95.1 Å². The van der Waals surface area contributed by atoms with E-state index >= 15 is 0 Å². The molecule has 0 aromatic carbocycles. The summed E-state index contributed by atoms with van der Waals surface area (Å²) in [6.45, 7) is 0.0593. The van der Waals surface area contributed by atoms with Crippen LogP contribution >= 0.6 is 0 Å². The molecule has 1 saturated carbocycles. The predicted octanol–water partition coefficient (Wildman–Crippen LogP) is 0.789. The molecule has 0 saturated heterocycles. The molecule has 0 unspecified atom stereocenters. The first-order valence-corrected chi connectivity index (χ1v) is 7.04. The fourth-order valence-corrected chi connectivity index (χ4v) is 2.39. The Kier molecular flexibility index (Phi) is 4.55. The second-order valence-electron chi connectivity index (χ2n) is 4.09. The summed E-state index contributed by atoms with van der Waals surface area (Å²) in [6.07, 6.45) is 3.40. The first-order valence-electron chi connectivity index (χ1n) is 5.22. The number of amides is 1. The van der Waals surface area contributed by atoms with Crippen LogP contribution in [0.15, 0.2) is 0 Å². The van der Waals surface area contributed by atoms with Crippen LogP contribution in [0.5, 0.6) is 0 Å². The number of hydrogen-bond donors (Lipinski definition) is 2. The lowest BCUT2D eigenvalue weighted by molar-refractivity contribution is 0.152. The largest absolute Gasteiger partial charge is 0.465 e. The summed E-state index contributed by atoms with van der Waals surface area (Å²) in [6, 6.07) is -0.201. The minimum absolute atomic E-state index is 0.0559. The Morgan fingerprint density at radius 2 is 2.06 bits per heavy atom. The summed E-state index contributed by atoms with van der Waals surface area (Å²) in [7, 11) is -3.45. The highest BCUT2D eigenvalue weighted by Crippen LogP contribution is 2.25. The van der Waals surface area contributed by atoms with Gasteiger partial charge < -0.3 is 10.4 Å². The van der Waals surface area contributed by atoms with E-state index in [2.05, 4.69) is 5.32 Å². The highest BCUT2D eigenvalue weighted by molar-refractivity contribution is 7.85. The van der Waals surface area contributed by atoms with E-state index in [1.54, 1.807) is 0 Å². The Morgan fingerprint density at radius 1 is 1.44 bits per heavy atom. The average molecular weight is 251 g/mol. The number of hydrogen-bond acceptors (Lipinski definition) is 4. The van der Waals surface area contributed by atoms with Crippen molar-refractivity contribution in [3.63, 3.8) is 0 Å². The molecular weight excluding hydrogens is 234 g/mol. The van der Waals surface area contributed by atoms with Crippen LogP contribution in [-0.2, 0) is 14.3 Å². The standard InChI is InChI=1S/C9H17NO5S/c1-16(13,14)15-6-7-4-2-3-5-8(7)10-9(11)12/h7-8,10H,2-6H2,1H3,(H,11,12)/t7-,8+/m1/s1. The van der Waals surface area contributed by atoms with Crippen molar-refractivity contribution in [2.45, 2.75) is 31.7 Å². The van der Waals surface area contributed by atoms with Gasteiger partial charge in [-0.1, -0.05) is 12.8 Å². The molecule has 1 aliphatic rings. The summed E-state index contributed by atoms with van der Waals surface area (Å²) >= 11 is 0. The smallest absolute Gasteiger partial charge is 0.404 e. The van der Waals surface area contributed by atoms with Crippen molar-refractivity contribution in [3.8, 4) is 0 Å². The maximum absolute atomic E-state index is 10.8. The topological polar surface area (TPSA) is 92.7 Å². The second kappa shape index (κ2) is 5.49. The third-order valence-electron chi connectivity index (χ3n) is 2.71. The number of carboxylic acid groups (broad SMARTS) is 1. The van der Waals surface area contributed by atoms with Crippen molar-refractivity contribution in [2.75, 3.05) is 12.9 Å². The van der Waals surface area contributed by atoms with E-state index in [-0.39, 0.29) is 18.6 Å². The van der Waals surface area contributed by atoms with E-state index in [1.165, 1.54) is 0 Å². The molecule has 0 heterocycles. The Hall–Kier alpha value is -0.820. The van der Waals surface area contributed by atoms with Crippen LogP contribution in [0, 0.1) is 5.92 Å². The zero-order chi connectivity index (χ0) is 12.2. The Balaban J connectivity index is 2.50. The van der Waals surface area contributed by atoms with Crippen molar-refractivity contribution < 1.29 is 22.5 Å². The highest BCUT2D eigenvalue weighted by atomic mass is 32.2. The summed E-state index contributed by atoms with van der Waals surface area (Å²) in [5, 5.41) is 11.1. The van der Waals surface area contributed by atoms with E-state index in [1.807, 2.05) is 0 Å². The van der Waals surface area contributed by atoms with Crippen LogP contribution in [0.25, 0.3) is 0 Å². The molecule has 0 spiro atoms. The van der Waals surface area contributed by atoms with Gasteiger partial charge in [0.05, 0.1) is 12.9 Å². The molecule has 94 valence electrons. The Bertz CT molecular complexity index is 340. The molecule has 0 radical (unpaired) electrons. The van der Waals surface area contributed by atoms with Crippen LogP contribution in [0.2, 0.25) is 0 Å². The zero-order valence-electron chi connectivity index (χ0n) is 9.18. The molecular formula is C9H17NO5S. The molecule has 2 N–H and O–H groups in total. The molecule has 1 rings (SSSR count). The third-order valence-corrected chi connectivity index (χ3v) is 3.28. The van der Waals surface area contributed by atoms with Crippen LogP contribution in [0.1, 0.15) is 25.7 Å². The van der Waals surface area contributed by atoms with Crippen molar-refractivity contribution in [1.29, 1.82) is 0 Å². The van der Waals surface area contributed by atoms with Gasteiger partial charge in [0, 0.05) is 12.0 Å². The Morgan fingerprint density at radius 3 is 2.62 bits per heavy atom. The highest BCUT2D eigenvalue weighted by Gasteiger charge is 2.27. The minimum Gasteiger partial charge on any atom is -0.465 e. The van der Waals surface area contributed by atoms with Gasteiger partial charge >= 0.3 is 6.09 Å². The van der Waals surface area contributed by atoms with Crippen molar-refractivity contribution in [2.24, 2.45) is 5.92 Å². The quantitative estimate of drug-likeness (QED) is 0.720. The summed E-state index contributed by atoms with van der Waals surface area (Å²) in [5.41, 5.74) is 0. The zero-order valence-corrected chi connectivity index (χ0v) is 10.00. The average Bonchev–Trinajstić information content (AvgIpc) is 2.14. The number of rotatable bonds is 4. The van der Waals surface area contributed by atoms with Gasteiger partial charge in [-0.2, -0.15) is 8.42 Å². The fourth-order valence-electron chi connectivity index (χ4n) is 1.97. The van der Waals surface area contributed by atoms with Crippen LogP contribution in [-0.4, -0.2) is 38.5 Å². The molecule has 7 heteroatoms. The lowest BCUT2D eigenvalue weighted by Crippen LogP contribution is -2.43. The molecule has 0 aromatic heterocycles. The van der Waals surface area contributed by atoms with Crippen LogP contribution < -0.4 is 5.32 Å². The number of carbonyl (C=O) groups is 1. The van der Waals surface area contributed by atoms with Crippen molar-refractivity contribution in [1.82, 2.24) is 5.32 Å². The maximum atomic E-state index is 10.8. The van der Waals surface area contributed by atoms with Gasteiger partial charge in [-0.05, 0) is 12.8 Å². The lowest BCUT2D eigenvalue weighted by Gasteiger charge is -2.30. The molecule has 0 bridgehead atoms. The summed E-state index contributed by atoms with van der Waals surface area (Å²) in [5.74, 6) is -0.0559. The summed E-state index contributed by atoms with van der Waals surface area (Å²) in [4.78, 5) is 10.5. The van der Waals surface area contributed by atoms with Gasteiger partial charge in [0.15, 0.2) is 0 Å². The second-order valence-corrected chi connectivity index (χ2v) is 5.73. The van der Waals surface area contributed by atoms with Crippen molar-refractivity contribution in [3.05, 3.63) is 0 Å². The third kappa shape index (κ3) is 4.80. The molecule has 0 aromatic rings. The van der Waals surface area contributed by atoms with Crippen LogP contribution in [0.3, 0.4) is 0 Å². The SMILES string of the molecule is CS(=O)(=O)OC[C@H]1CCCC[C@@H]1NC(=O)O. The predicted molar refractivity (Wildman–Crippen MR) is 57.7 cm³/mol. The van der Waals surface area contributed by atoms with Gasteiger partial charge in [-0.3, -0.25) is 4.18 Å². The normalized spacial score (nSPS) is 26.3. The van der Waals surface area contributed by atoms with Gasteiger partial charge in [0.25, 0.3) is 10.1 Å². The number of nitrogens with one attached hydrogen (secondary N) is 1. The van der Waals surface area contributed by atoms with Crippen molar-refractivity contribution >= 4 is 16.2 Å². The van der Waals surface area contributed by atoms with Gasteiger partial charge in [-0.25, -0.2) is 4.79 Å². The molecule has 1 amide bonds. The van der Waals surface area contributed by atoms with E-state index in [0.717, 1.165) is 31.9 Å². The molecule has 1 aliphatic carbocycles. The first kappa shape index (κ1) is 13.2. The van der Waals surface area contributed by atoms with Gasteiger partial charge in [0.2, 0.25) is 0 Å². The van der Waals surface area contributed by atoms with E-state index < -0.39 is 16.2 Å². The molecule has 16 heavy (non-hydrogen) atoms. The summed E-state index contributed by atoms with van der Waals surface area (Å²) < 4.78 is 26.4. The molecule has 2 atom stereocenters. The maximum Gasteiger partial charge on any atom is 0.404 e. The lowest BCUT2D eigenvalue weighted by atomic mass is 9.85. The monoisotopic (exact) mass is 251 g/mol. The van der Waals surface area contributed by atoms with Crippen LogP contribution in [0.4, 0.5) is 4.79 Å². The first-order chi connectivity index (χ1) is 7.38. The van der Waals surface area contributed by atoms with E-state index in [0.29, 0.717) is 0 Å². The fraction of sp³-hybridized carbons (Fsp3) is 0.889. The van der Waals surface area contributed by atoms with E-state index in [4.69, 9.17) is 9.29 Å². The molecule has 0 aliphatic heterocycles. The van der Waals surface area contributed by atoms with Gasteiger partial charge in [0.1, 0.15) is 0 Å². The molecule has 6 nitrogen and oxygen atoms in total. The molecule has 1 fully saturated rings. The van der Waals surface area contributed by atoms with E-state index in [9.17, 15) is 13.2 Å².